The molecule has 1 aliphatic carbocycles. The summed E-state index contributed by atoms with van der Waals surface area (Å²) in [5.41, 5.74) is 3.70. The summed E-state index contributed by atoms with van der Waals surface area (Å²) in [6, 6.07) is 11.5. The Morgan fingerprint density at radius 2 is 1.86 bits per heavy atom. The number of nitrogens with zero attached hydrogens (tertiary/aromatic N) is 1. The third-order valence-electron chi connectivity index (χ3n) is 9.78. The number of carbonyl (C=O) groups excluding carboxylic acids is 1. The van der Waals surface area contributed by atoms with Crippen LogP contribution >= 0.6 is 11.6 Å². The molecule has 242 valence electrons. The number of halogens is 1. The number of rotatable bonds is 4. The van der Waals surface area contributed by atoms with Crippen LogP contribution in [-0.4, -0.2) is 46.1 Å². The summed E-state index contributed by atoms with van der Waals surface area (Å²) in [6.45, 7) is 11.9. The highest BCUT2D eigenvalue weighted by Gasteiger charge is 2.42. The van der Waals surface area contributed by atoms with Gasteiger partial charge in [-0.05, 0) is 98.2 Å². The van der Waals surface area contributed by atoms with E-state index in [0.717, 1.165) is 49.2 Å². The summed E-state index contributed by atoms with van der Waals surface area (Å²) < 4.78 is 22.2. The molecule has 5 rings (SSSR count). The van der Waals surface area contributed by atoms with Gasteiger partial charge in [-0.15, -0.1) is 0 Å². The number of nitrogens with one attached hydrogen (secondary N) is 1. The van der Waals surface area contributed by atoms with Crippen molar-refractivity contribution >= 4 is 40.2 Å². The quantitative estimate of drug-likeness (QED) is 0.355. The second kappa shape index (κ2) is 15.6. The highest BCUT2D eigenvalue weighted by Crippen LogP contribution is 2.45. The summed E-state index contributed by atoms with van der Waals surface area (Å²) >= 11 is 6.38. The number of aryl methyl sites for hydroxylation is 1. The van der Waals surface area contributed by atoms with Crippen LogP contribution < -0.4 is 14.4 Å². The maximum absolute atomic E-state index is 13.3. The van der Waals surface area contributed by atoms with Gasteiger partial charge in [0.25, 0.3) is 5.91 Å². The van der Waals surface area contributed by atoms with Gasteiger partial charge in [-0.1, -0.05) is 58.2 Å². The highest BCUT2D eigenvalue weighted by atomic mass is 35.5. The fourth-order valence-corrected chi connectivity index (χ4v) is 8.20. The largest absolute Gasteiger partial charge is 0.491 e. The van der Waals surface area contributed by atoms with Gasteiger partial charge >= 0.3 is 5.97 Å². The minimum Gasteiger partial charge on any atom is -0.491 e. The molecule has 1 amide bonds. The van der Waals surface area contributed by atoms with Crippen molar-refractivity contribution < 1.29 is 23.6 Å². The van der Waals surface area contributed by atoms with E-state index in [0.29, 0.717) is 37.4 Å². The number of carbonyl (C=O) groups is 2. The molecule has 2 aromatic rings. The predicted octanol–water partition coefficient (Wildman–Crippen LogP) is 7.63. The molecule has 2 aliphatic heterocycles. The molecule has 2 aromatic carbocycles. The van der Waals surface area contributed by atoms with Crippen molar-refractivity contribution in [3.05, 3.63) is 58.1 Å². The van der Waals surface area contributed by atoms with Crippen molar-refractivity contribution in [2.45, 2.75) is 90.7 Å². The number of ether oxygens (including phenoxy) is 1. The van der Waals surface area contributed by atoms with Gasteiger partial charge in [0.05, 0.1) is 23.5 Å². The zero-order valence-electron chi connectivity index (χ0n) is 26.8. The molecule has 1 fully saturated rings. The number of carboxylic acid groups (broad SMARTS) is 1. The van der Waals surface area contributed by atoms with Crippen LogP contribution in [0, 0.1) is 23.7 Å². The summed E-state index contributed by atoms with van der Waals surface area (Å²) in [7, 11) is -1.56. The standard InChI is InChI=1S/C33H43ClN2O5S.C2H6/c1-4-6-22-15-26(34)11-13-27(22)25-18-36-17-24-9-12-28(24)29(33(38)39)8-5-7-20(2)21(3)42(40)35-32(37)23-10-14-31(41-19-25)30(36)16-23;1-2/h10-11,13-16,20-21,24-25,28-29H,4-9,12,17-19H2,1-3H3,(H,35,37)(H,38,39);1-2H3. The van der Waals surface area contributed by atoms with Crippen molar-refractivity contribution in [3.8, 4) is 5.75 Å². The van der Waals surface area contributed by atoms with Crippen molar-refractivity contribution in [1.29, 1.82) is 0 Å². The minimum atomic E-state index is -1.56. The van der Waals surface area contributed by atoms with E-state index in [4.69, 9.17) is 16.3 Å². The Morgan fingerprint density at radius 1 is 1.09 bits per heavy atom. The molecule has 7 unspecified atom stereocenters. The van der Waals surface area contributed by atoms with Gasteiger partial charge in [0.1, 0.15) is 16.7 Å². The Bertz CT molecular complexity index is 1340. The Balaban J connectivity index is 0.00000216. The summed E-state index contributed by atoms with van der Waals surface area (Å²) in [6.07, 6.45) is 5.97. The summed E-state index contributed by atoms with van der Waals surface area (Å²) in [4.78, 5) is 28.0. The monoisotopic (exact) mass is 644 g/mol. The third-order valence-corrected chi connectivity index (χ3v) is 11.5. The normalized spacial score (nSPS) is 29.0. The molecular formula is C35H49ClN2O5S. The SMILES string of the molecule is CC.CCCc1cc(Cl)ccc1C1COc2ccc3cc2N(C1)CC1CCC1C(C(=O)O)CCCC(C)C(C)S(=O)NC3=O. The van der Waals surface area contributed by atoms with Gasteiger partial charge in [-0.2, -0.15) is 0 Å². The molecule has 7 nitrogen and oxygen atoms in total. The Hall–Kier alpha value is -2.58. The van der Waals surface area contributed by atoms with Crippen molar-refractivity contribution in [2.75, 3.05) is 24.6 Å². The van der Waals surface area contributed by atoms with Gasteiger partial charge in [-0.3, -0.25) is 14.3 Å². The van der Waals surface area contributed by atoms with Gasteiger partial charge in [-0.25, -0.2) is 4.21 Å². The average Bonchev–Trinajstić information content (AvgIpc) is 3.18. The molecule has 2 bridgehead atoms. The molecule has 0 saturated heterocycles. The van der Waals surface area contributed by atoms with Crippen LogP contribution in [0.4, 0.5) is 5.69 Å². The molecule has 1 saturated carbocycles. The first-order valence-electron chi connectivity index (χ1n) is 16.4. The number of benzene rings is 2. The molecule has 2 N–H and O–H groups in total. The lowest BCUT2D eigenvalue weighted by atomic mass is 9.65. The maximum Gasteiger partial charge on any atom is 0.306 e. The van der Waals surface area contributed by atoms with Crippen molar-refractivity contribution in [2.24, 2.45) is 23.7 Å². The molecule has 0 radical (unpaired) electrons. The molecule has 0 aromatic heterocycles. The first-order chi connectivity index (χ1) is 21.2. The van der Waals surface area contributed by atoms with E-state index in [9.17, 15) is 18.9 Å². The number of fused-ring (bicyclic) bond motifs is 2. The third kappa shape index (κ3) is 7.79. The maximum atomic E-state index is 13.3. The van der Waals surface area contributed by atoms with Gasteiger partial charge < -0.3 is 14.7 Å². The number of hydrogen-bond donors (Lipinski definition) is 2. The molecule has 0 spiro atoms. The fourth-order valence-electron chi connectivity index (χ4n) is 6.96. The first kappa shape index (κ1) is 34.3. The smallest absolute Gasteiger partial charge is 0.306 e. The van der Waals surface area contributed by atoms with E-state index < -0.39 is 17.0 Å². The Morgan fingerprint density at radius 3 is 2.55 bits per heavy atom. The number of carboxylic acids is 1. The number of aliphatic carboxylic acids is 1. The number of amides is 1. The molecule has 2 heterocycles. The average molecular weight is 645 g/mol. The van der Waals surface area contributed by atoms with Crippen LogP contribution in [0.3, 0.4) is 0 Å². The van der Waals surface area contributed by atoms with Crippen LogP contribution in [-0.2, 0) is 22.2 Å². The minimum absolute atomic E-state index is 0.0720. The Labute approximate surface area is 270 Å². The zero-order valence-corrected chi connectivity index (χ0v) is 28.4. The van der Waals surface area contributed by atoms with Crippen molar-refractivity contribution in [3.63, 3.8) is 0 Å². The van der Waals surface area contributed by atoms with E-state index in [2.05, 4.69) is 28.7 Å². The van der Waals surface area contributed by atoms with Crippen molar-refractivity contribution in [1.82, 2.24) is 4.72 Å². The van der Waals surface area contributed by atoms with Crippen LogP contribution in [0.15, 0.2) is 36.4 Å². The van der Waals surface area contributed by atoms with E-state index in [1.807, 2.05) is 45.9 Å². The van der Waals surface area contributed by atoms with Gasteiger partial charge in [0.2, 0.25) is 0 Å². The Kier molecular flexibility index (Phi) is 12.2. The first-order valence-corrected chi connectivity index (χ1v) is 18.0. The van der Waals surface area contributed by atoms with E-state index in [1.165, 1.54) is 11.1 Å². The molecule has 7 atom stereocenters. The van der Waals surface area contributed by atoms with Gasteiger partial charge in [0, 0.05) is 29.6 Å². The lowest BCUT2D eigenvalue weighted by molar-refractivity contribution is -0.146. The van der Waals surface area contributed by atoms with Gasteiger partial charge in [0.15, 0.2) is 0 Å². The number of anilines is 1. The second-order valence-electron chi connectivity index (χ2n) is 12.5. The molecule has 44 heavy (non-hydrogen) atoms. The lowest BCUT2D eigenvalue weighted by Crippen LogP contribution is -2.44. The fraction of sp³-hybridized carbons (Fsp3) is 0.600. The second-order valence-corrected chi connectivity index (χ2v) is 14.5. The number of hydrogen-bond acceptors (Lipinski definition) is 5. The lowest BCUT2D eigenvalue weighted by Gasteiger charge is -2.44. The zero-order chi connectivity index (χ0) is 32.0. The van der Waals surface area contributed by atoms with Crippen LogP contribution in [0.5, 0.6) is 5.75 Å². The molecular weight excluding hydrogens is 596 g/mol. The molecule has 3 aliphatic rings. The van der Waals surface area contributed by atoms with Crippen LogP contribution in [0.25, 0.3) is 0 Å². The summed E-state index contributed by atoms with van der Waals surface area (Å²) in [5.74, 6) is -0.248. The van der Waals surface area contributed by atoms with Crippen LogP contribution in [0.2, 0.25) is 5.02 Å². The van der Waals surface area contributed by atoms with E-state index in [-0.39, 0.29) is 40.7 Å². The topological polar surface area (TPSA) is 95.9 Å². The predicted molar refractivity (Wildman–Crippen MR) is 179 cm³/mol. The molecule has 9 heteroatoms. The van der Waals surface area contributed by atoms with Crippen LogP contribution in [0.1, 0.15) is 101 Å². The highest BCUT2D eigenvalue weighted by molar-refractivity contribution is 7.84. The van der Waals surface area contributed by atoms with E-state index >= 15 is 0 Å². The summed E-state index contributed by atoms with van der Waals surface area (Å²) in [5, 5.41) is 10.7. The van der Waals surface area contributed by atoms with E-state index in [1.54, 1.807) is 6.07 Å².